The van der Waals surface area contributed by atoms with Crippen LogP contribution in [0.1, 0.15) is 57.6 Å². The summed E-state index contributed by atoms with van der Waals surface area (Å²) in [4.78, 5) is 12.0. The van der Waals surface area contributed by atoms with Crippen LogP contribution < -0.4 is 10.0 Å². The maximum absolute atomic E-state index is 12.0. The van der Waals surface area contributed by atoms with Crippen LogP contribution in [0, 0.1) is 0 Å². The van der Waals surface area contributed by atoms with Crippen LogP contribution in [0.5, 0.6) is 0 Å². The lowest BCUT2D eigenvalue weighted by molar-refractivity contribution is -0.116. The minimum absolute atomic E-state index is 0.0994. The fourth-order valence-corrected chi connectivity index (χ4v) is 3.55. The molecule has 7 nitrogen and oxygen atoms in total. The number of anilines is 1. The summed E-state index contributed by atoms with van der Waals surface area (Å²) in [6, 6.07) is 5.56. The van der Waals surface area contributed by atoms with Gasteiger partial charge in [-0.2, -0.15) is 0 Å². The largest absolute Gasteiger partial charge is 0.411 e. The Morgan fingerprint density at radius 1 is 1.23 bits per heavy atom. The van der Waals surface area contributed by atoms with Gasteiger partial charge in [-0.3, -0.25) is 4.79 Å². The zero-order valence-electron chi connectivity index (χ0n) is 15.5. The van der Waals surface area contributed by atoms with Gasteiger partial charge >= 0.3 is 0 Å². The maximum atomic E-state index is 12.0. The van der Waals surface area contributed by atoms with Crippen molar-refractivity contribution in [2.24, 2.45) is 5.16 Å². The van der Waals surface area contributed by atoms with E-state index in [4.69, 9.17) is 5.21 Å². The predicted octanol–water partition coefficient (Wildman–Crippen LogP) is 2.64. The molecule has 0 atom stereocenters. The third-order valence-electron chi connectivity index (χ3n) is 4.38. The lowest BCUT2D eigenvalue weighted by Crippen LogP contribution is -2.39. The average molecular weight is 381 g/mol. The van der Waals surface area contributed by atoms with Gasteiger partial charge in [0.1, 0.15) is 0 Å². The smallest absolute Gasteiger partial charge is 0.224 e. The van der Waals surface area contributed by atoms with E-state index in [0.29, 0.717) is 37.9 Å². The van der Waals surface area contributed by atoms with Gasteiger partial charge in [0.25, 0.3) is 0 Å². The zero-order valence-corrected chi connectivity index (χ0v) is 16.3. The van der Waals surface area contributed by atoms with E-state index in [9.17, 15) is 13.2 Å². The molecule has 0 bridgehead atoms. The molecule has 1 aromatic carbocycles. The molecule has 144 valence electrons. The van der Waals surface area contributed by atoms with Gasteiger partial charge in [-0.15, -0.1) is 0 Å². The zero-order chi connectivity index (χ0) is 19.4. The fraction of sp³-hybridized carbons (Fsp3) is 0.556. The second-order valence-electron chi connectivity index (χ2n) is 7.43. The molecule has 1 aliphatic rings. The fourth-order valence-electron chi connectivity index (χ4n) is 2.71. The highest BCUT2D eigenvalue weighted by Crippen LogP contribution is 2.25. The Kier molecular flexibility index (Phi) is 6.41. The number of rotatable bonds is 7. The number of aryl methyl sites for hydroxylation is 1. The number of hydrogen-bond donors (Lipinski definition) is 3. The highest BCUT2D eigenvalue weighted by Gasteiger charge is 2.28. The van der Waals surface area contributed by atoms with Crippen LogP contribution >= 0.6 is 0 Å². The van der Waals surface area contributed by atoms with Gasteiger partial charge in [-0.1, -0.05) is 11.2 Å². The van der Waals surface area contributed by atoms with E-state index in [-0.39, 0.29) is 5.91 Å². The minimum atomic E-state index is -3.34. The van der Waals surface area contributed by atoms with Gasteiger partial charge < -0.3 is 10.5 Å². The highest BCUT2D eigenvalue weighted by atomic mass is 32.2. The number of benzene rings is 1. The molecule has 0 unspecified atom stereocenters. The lowest BCUT2D eigenvalue weighted by atomic mass is 10.1. The van der Waals surface area contributed by atoms with Crippen LogP contribution in [0.4, 0.5) is 5.69 Å². The summed E-state index contributed by atoms with van der Waals surface area (Å²) >= 11 is 0. The summed E-state index contributed by atoms with van der Waals surface area (Å²) in [5.74, 6) is -0.0994. The van der Waals surface area contributed by atoms with Gasteiger partial charge in [-0.25, -0.2) is 13.1 Å². The third-order valence-corrected chi connectivity index (χ3v) is 6.58. The number of carbonyl (C=O) groups excluding carboxylic acids is 1. The molecule has 26 heavy (non-hydrogen) atoms. The van der Waals surface area contributed by atoms with Crippen molar-refractivity contribution in [3.05, 3.63) is 29.3 Å². The Balaban J connectivity index is 1.75. The van der Waals surface area contributed by atoms with Crippen LogP contribution in [0.25, 0.3) is 0 Å². The van der Waals surface area contributed by atoms with Crippen molar-refractivity contribution < 1.29 is 18.4 Å². The number of nitrogens with one attached hydrogen (secondary N) is 2. The topological polar surface area (TPSA) is 108 Å². The summed E-state index contributed by atoms with van der Waals surface area (Å²) in [7, 11) is -3.34. The number of unbranched alkanes of at least 4 members (excludes halogenated alkanes) is 1. The molecule has 2 rings (SSSR count). The molecule has 0 heterocycles. The van der Waals surface area contributed by atoms with Crippen LogP contribution in [-0.2, 0) is 21.2 Å². The second-order valence-corrected chi connectivity index (χ2v) is 9.95. The van der Waals surface area contributed by atoms with E-state index in [1.165, 1.54) is 0 Å². The summed E-state index contributed by atoms with van der Waals surface area (Å²) in [5.41, 5.74) is 3.39. The molecule has 0 aliphatic heterocycles. The van der Waals surface area contributed by atoms with Crippen molar-refractivity contribution in [3.63, 3.8) is 0 Å². The number of fused-ring (bicyclic) bond motifs is 1. The Morgan fingerprint density at radius 2 is 1.96 bits per heavy atom. The molecule has 3 N–H and O–H groups in total. The Labute approximate surface area is 154 Å². The van der Waals surface area contributed by atoms with E-state index in [2.05, 4.69) is 15.2 Å². The number of nitrogens with zero attached hydrogens (tertiary/aromatic N) is 1. The number of hydrogen-bond acceptors (Lipinski definition) is 5. The normalized spacial score (nSPS) is 15.9. The molecule has 1 amide bonds. The van der Waals surface area contributed by atoms with Gasteiger partial charge in [0.05, 0.1) is 10.5 Å². The number of carbonyl (C=O) groups is 1. The van der Waals surface area contributed by atoms with Crippen molar-refractivity contribution in [1.29, 1.82) is 0 Å². The lowest BCUT2D eigenvalue weighted by Gasteiger charge is -2.19. The van der Waals surface area contributed by atoms with E-state index in [0.717, 1.165) is 23.2 Å². The first-order valence-corrected chi connectivity index (χ1v) is 10.3. The SMILES string of the molecule is CC(C)(C)S(=O)(=O)NCCCCC(=O)Nc1ccc2c(c1)CC/C2=N\O. The Morgan fingerprint density at radius 3 is 2.62 bits per heavy atom. The van der Waals surface area contributed by atoms with Crippen molar-refractivity contribution in [2.75, 3.05) is 11.9 Å². The van der Waals surface area contributed by atoms with Crippen molar-refractivity contribution in [3.8, 4) is 0 Å². The quantitative estimate of drug-likeness (QED) is 0.383. The molecular formula is C18H27N3O4S. The first-order chi connectivity index (χ1) is 12.1. The highest BCUT2D eigenvalue weighted by molar-refractivity contribution is 7.90. The Hall–Kier alpha value is -1.93. The van der Waals surface area contributed by atoms with Gasteiger partial charge in [0, 0.05) is 24.2 Å². The number of sulfonamides is 1. The molecule has 1 aliphatic carbocycles. The first kappa shape index (κ1) is 20.4. The van der Waals surface area contributed by atoms with Crippen molar-refractivity contribution in [2.45, 2.75) is 57.6 Å². The first-order valence-electron chi connectivity index (χ1n) is 8.77. The molecule has 0 aromatic heterocycles. The number of amides is 1. The third kappa shape index (κ3) is 5.04. The summed E-state index contributed by atoms with van der Waals surface area (Å²) in [5, 5.41) is 15.1. The average Bonchev–Trinajstić information content (AvgIpc) is 2.95. The van der Waals surface area contributed by atoms with Crippen LogP contribution in [0.2, 0.25) is 0 Å². The molecule has 0 saturated heterocycles. The molecule has 0 fully saturated rings. The summed E-state index contributed by atoms with van der Waals surface area (Å²) in [6.07, 6.45) is 3.03. The second kappa shape index (κ2) is 8.18. The minimum Gasteiger partial charge on any atom is -0.411 e. The summed E-state index contributed by atoms with van der Waals surface area (Å²) < 4.78 is 25.6. The van der Waals surface area contributed by atoms with Gasteiger partial charge in [0.2, 0.25) is 15.9 Å². The van der Waals surface area contributed by atoms with Gasteiger partial charge in [-0.05, 0) is 64.2 Å². The van der Waals surface area contributed by atoms with Gasteiger partial charge in [0.15, 0.2) is 0 Å². The van der Waals surface area contributed by atoms with E-state index >= 15 is 0 Å². The molecule has 0 saturated carbocycles. The molecule has 1 aromatic rings. The van der Waals surface area contributed by atoms with Crippen molar-refractivity contribution >= 4 is 27.3 Å². The van der Waals surface area contributed by atoms with Crippen LogP contribution in [0.15, 0.2) is 23.4 Å². The van der Waals surface area contributed by atoms with E-state index < -0.39 is 14.8 Å². The molecule has 0 radical (unpaired) electrons. The summed E-state index contributed by atoms with van der Waals surface area (Å²) in [6.45, 7) is 5.27. The van der Waals surface area contributed by atoms with E-state index in [1.54, 1.807) is 26.8 Å². The molecule has 0 spiro atoms. The maximum Gasteiger partial charge on any atom is 0.224 e. The van der Waals surface area contributed by atoms with Crippen molar-refractivity contribution in [1.82, 2.24) is 4.72 Å². The van der Waals surface area contributed by atoms with E-state index in [1.807, 2.05) is 12.1 Å². The standard InChI is InChI=1S/C18H27N3O4S/c1-18(2,3)26(24,25)19-11-5-4-6-17(22)20-14-8-9-15-13(12-14)7-10-16(15)21-23/h8-9,12,19,23H,4-7,10-11H2,1-3H3,(H,20,22)/b21-16+. The Bertz CT molecular complexity index is 795. The monoisotopic (exact) mass is 381 g/mol. The van der Waals surface area contributed by atoms with Crippen LogP contribution in [-0.4, -0.2) is 36.5 Å². The van der Waals surface area contributed by atoms with Crippen LogP contribution in [0.3, 0.4) is 0 Å². The molecule has 8 heteroatoms. The predicted molar refractivity (Wildman–Crippen MR) is 102 cm³/mol. The molecular weight excluding hydrogens is 354 g/mol. The number of oxime groups is 1.